The van der Waals surface area contributed by atoms with E-state index in [1.165, 1.54) is 83.5 Å². The van der Waals surface area contributed by atoms with Gasteiger partial charge in [0, 0.05) is 25.7 Å². The Bertz CT molecular complexity index is 2490. The molecule has 0 spiro atoms. The fourth-order valence-corrected chi connectivity index (χ4v) is 12.1. The second-order valence-electron chi connectivity index (χ2n) is 26.6. The molecule has 5 atom stereocenters. The van der Waals surface area contributed by atoms with Gasteiger partial charge in [0.15, 0.2) is 12.2 Å². The number of esters is 4. The first-order valence-electron chi connectivity index (χ1n) is 40.4. The number of allylic oxidation sites excluding steroid dienone is 22. The van der Waals surface area contributed by atoms with Gasteiger partial charge in [-0.3, -0.25) is 37.3 Å². The smallest absolute Gasteiger partial charge is 0.462 e. The first-order valence-corrected chi connectivity index (χ1v) is 43.4. The number of hydrogen-bond acceptors (Lipinski definition) is 15. The Balaban J connectivity index is 5.45. The van der Waals surface area contributed by atoms with Crippen LogP contribution in [0.3, 0.4) is 0 Å². The van der Waals surface area contributed by atoms with Crippen LogP contribution < -0.4 is 0 Å². The van der Waals surface area contributed by atoms with Crippen LogP contribution in [0.5, 0.6) is 0 Å². The van der Waals surface area contributed by atoms with Gasteiger partial charge in [0.1, 0.15) is 19.3 Å². The van der Waals surface area contributed by atoms with Gasteiger partial charge < -0.3 is 33.8 Å². The minimum Gasteiger partial charge on any atom is -0.462 e. The number of carbonyl (C=O) groups is 4. The van der Waals surface area contributed by atoms with Crippen LogP contribution in [-0.2, 0) is 65.4 Å². The molecule has 0 rings (SSSR count). The van der Waals surface area contributed by atoms with E-state index in [0.29, 0.717) is 32.1 Å². The monoisotopic (exact) mass is 1500 g/mol. The van der Waals surface area contributed by atoms with E-state index < -0.39 is 97.5 Å². The molecule has 0 saturated carbocycles. The largest absolute Gasteiger partial charge is 0.472 e. The van der Waals surface area contributed by atoms with Crippen molar-refractivity contribution in [2.45, 2.75) is 341 Å². The lowest BCUT2D eigenvalue weighted by Crippen LogP contribution is -2.30. The van der Waals surface area contributed by atoms with Crippen molar-refractivity contribution >= 4 is 39.5 Å². The number of rotatable bonds is 75. The van der Waals surface area contributed by atoms with Crippen molar-refractivity contribution < 1.29 is 80.2 Å². The van der Waals surface area contributed by atoms with Gasteiger partial charge in [-0.1, -0.05) is 296 Å². The minimum absolute atomic E-state index is 0.0512. The van der Waals surface area contributed by atoms with E-state index in [0.717, 1.165) is 154 Å². The molecule has 0 aromatic heterocycles. The summed E-state index contributed by atoms with van der Waals surface area (Å²) in [6.45, 7) is 4.54. The summed E-state index contributed by atoms with van der Waals surface area (Å²) in [4.78, 5) is 73.0. The van der Waals surface area contributed by atoms with Crippen molar-refractivity contribution in [2.75, 3.05) is 39.6 Å². The van der Waals surface area contributed by atoms with Gasteiger partial charge in [-0.05, 0) is 135 Å². The van der Waals surface area contributed by atoms with E-state index in [2.05, 4.69) is 149 Å². The Morgan fingerprint density at radius 2 is 0.510 bits per heavy atom. The molecule has 0 aliphatic rings. The summed E-state index contributed by atoms with van der Waals surface area (Å²) in [6.07, 6.45) is 85.7. The van der Waals surface area contributed by atoms with Crippen LogP contribution in [0.2, 0.25) is 0 Å². The number of phosphoric acid groups is 2. The average molecular weight is 1500 g/mol. The summed E-state index contributed by atoms with van der Waals surface area (Å²) in [5.41, 5.74) is 0. The first kappa shape index (κ1) is 99.2. The maximum absolute atomic E-state index is 13.1. The lowest BCUT2D eigenvalue weighted by atomic mass is 10.0. The summed E-state index contributed by atoms with van der Waals surface area (Å²) < 4.78 is 68.6. The summed E-state index contributed by atoms with van der Waals surface area (Å²) >= 11 is 0. The van der Waals surface area contributed by atoms with Crippen molar-refractivity contribution in [2.24, 2.45) is 0 Å². The summed E-state index contributed by atoms with van der Waals surface area (Å²) in [7, 11) is -9.99. The third kappa shape index (κ3) is 75.4. The molecule has 0 bridgehead atoms. The van der Waals surface area contributed by atoms with Crippen molar-refractivity contribution in [3.8, 4) is 0 Å². The van der Waals surface area contributed by atoms with Gasteiger partial charge >= 0.3 is 39.5 Å². The van der Waals surface area contributed by atoms with Gasteiger partial charge in [-0.25, -0.2) is 9.13 Å². The molecular formula is C85H144O17P2. The Kier molecular flexibility index (Phi) is 72.9. The summed E-state index contributed by atoms with van der Waals surface area (Å²) in [5.74, 6) is -2.28. The number of carbonyl (C=O) groups excluding carboxylic acids is 4. The third-order valence-corrected chi connectivity index (χ3v) is 18.5. The zero-order valence-corrected chi connectivity index (χ0v) is 66.9. The van der Waals surface area contributed by atoms with Gasteiger partial charge in [0.05, 0.1) is 26.4 Å². The predicted molar refractivity (Wildman–Crippen MR) is 427 cm³/mol. The van der Waals surface area contributed by atoms with Gasteiger partial charge in [-0.2, -0.15) is 0 Å². The first-order chi connectivity index (χ1) is 50.7. The minimum atomic E-state index is -5.00. The molecule has 0 aromatic rings. The van der Waals surface area contributed by atoms with E-state index in [-0.39, 0.29) is 25.7 Å². The van der Waals surface area contributed by atoms with Crippen molar-refractivity contribution in [1.29, 1.82) is 0 Å². The second-order valence-corrected chi connectivity index (χ2v) is 29.5. The highest BCUT2D eigenvalue weighted by Crippen LogP contribution is 2.45. The molecule has 0 heterocycles. The van der Waals surface area contributed by atoms with Crippen LogP contribution >= 0.6 is 15.6 Å². The number of phosphoric ester groups is 2. The average Bonchev–Trinajstić information content (AvgIpc) is 0.926. The molecule has 5 unspecified atom stereocenters. The maximum atomic E-state index is 13.1. The van der Waals surface area contributed by atoms with Gasteiger partial charge in [0.25, 0.3) is 0 Å². The molecule has 3 N–H and O–H groups in total. The van der Waals surface area contributed by atoms with E-state index in [9.17, 15) is 43.2 Å². The summed E-state index contributed by atoms with van der Waals surface area (Å²) in [5, 5.41) is 10.6. The number of unbranched alkanes of at least 4 members (excludes halogenated alkanes) is 27. The fraction of sp³-hybridized carbons (Fsp3) is 0.694. The normalized spacial score (nSPS) is 14.6. The van der Waals surface area contributed by atoms with Crippen LogP contribution in [0.15, 0.2) is 134 Å². The molecule has 19 heteroatoms. The topological polar surface area (TPSA) is 237 Å². The Morgan fingerprint density at radius 3 is 0.827 bits per heavy atom. The van der Waals surface area contributed by atoms with Crippen LogP contribution in [0.1, 0.15) is 323 Å². The standard InChI is InChI=1S/C85H144O17P2/c1-5-9-13-17-21-25-29-33-37-39-43-46-50-54-58-62-66-70-83(88)96-76-81(102-85(90)72-68-64-60-56-52-48-44-40-38-34-30-26-22-18-14-10-6-2)78-100-104(93,94)98-74-79(86)73-97-103(91,92)99-77-80(101-84(89)71-67-63-59-55-51-47-42-36-32-28-24-20-16-12-8-4)75-95-82(87)69-65-61-57-53-49-45-41-35-31-27-23-19-15-11-7-3/h9-10,13-14,21-23,25-27,33-35,37-38,41,43-44,46,48,54,58,79-81,86H,5-8,11-12,15-20,24,28-32,36,39-40,42,45,47,49-53,55-57,59-78H2,1-4H3,(H,91,92)(H,93,94)/b13-9-,14-10-,25-21-,26-22-,27-23-,37-33-,38-34-,41-35-,46-43-,48-44-,58-54-. The van der Waals surface area contributed by atoms with E-state index in [4.69, 9.17) is 37.0 Å². The van der Waals surface area contributed by atoms with Crippen LogP contribution in [0.4, 0.5) is 0 Å². The van der Waals surface area contributed by atoms with Crippen LogP contribution in [-0.4, -0.2) is 96.7 Å². The molecule has 104 heavy (non-hydrogen) atoms. The zero-order chi connectivity index (χ0) is 76.0. The molecule has 0 fully saturated rings. The third-order valence-electron chi connectivity index (χ3n) is 16.6. The van der Waals surface area contributed by atoms with E-state index >= 15 is 0 Å². The SMILES string of the molecule is CC/C=C\C/C=C\C/C=C\C/C=C\C/C=C\CCCC(=O)OCC(COP(=O)(O)OCC(O)COP(=O)(O)OCC(COC(=O)CCCCCCC/C=C\C/C=C\CCCCC)OC(=O)CCCCCCCCCCCCCCCCC)OC(=O)CCCCCC/C=C\C/C=C\C/C=C\C/C=C\CC. The maximum Gasteiger partial charge on any atom is 0.472 e. The van der Waals surface area contributed by atoms with Crippen molar-refractivity contribution in [3.05, 3.63) is 134 Å². The zero-order valence-electron chi connectivity index (χ0n) is 65.2. The molecule has 0 saturated heterocycles. The number of aliphatic hydroxyl groups is 1. The highest BCUT2D eigenvalue weighted by atomic mass is 31.2. The van der Waals surface area contributed by atoms with Crippen LogP contribution in [0.25, 0.3) is 0 Å². The molecule has 596 valence electrons. The Morgan fingerprint density at radius 1 is 0.279 bits per heavy atom. The molecule has 0 aromatic carbocycles. The predicted octanol–water partition coefficient (Wildman–Crippen LogP) is 23.7. The lowest BCUT2D eigenvalue weighted by Gasteiger charge is -2.21. The molecule has 0 aliphatic carbocycles. The highest BCUT2D eigenvalue weighted by Gasteiger charge is 2.30. The number of ether oxygens (including phenoxy) is 4. The quantitative estimate of drug-likeness (QED) is 0.0169. The van der Waals surface area contributed by atoms with E-state index in [1.807, 2.05) is 12.2 Å². The molecule has 0 amide bonds. The van der Waals surface area contributed by atoms with E-state index in [1.54, 1.807) is 0 Å². The van der Waals surface area contributed by atoms with Crippen molar-refractivity contribution in [3.63, 3.8) is 0 Å². The molecule has 0 aliphatic heterocycles. The van der Waals surface area contributed by atoms with Gasteiger partial charge in [0.2, 0.25) is 0 Å². The summed E-state index contributed by atoms with van der Waals surface area (Å²) in [6, 6.07) is 0. The molecule has 17 nitrogen and oxygen atoms in total. The lowest BCUT2D eigenvalue weighted by molar-refractivity contribution is -0.161. The Hall–Kier alpha value is -4.80. The van der Waals surface area contributed by atoms with Gasteiger partial charge in [-0.15, -0.1) is 0 Å². The highest BCUT2D eigenvalue weighted by molar-refractivity contribution is 7.47. The molecular weight excluding hydrogens is 1350 g/mol. The fourth-order valence-electron chi connectivity index (χ4n) is 10.5. The van der Waals surface area contributed by atoms with Crippen molar-refractivity contribution in [1.82, 2.24) is 0 Å². The van der Waals surface area contributed by atoms with Crippen LogP contribution in [0, 0.1) is 0 Å². The Labute approximate surface area is 631 Å². The second kappa shape index (κ2) is 76.4. The number of aliphatic hydroxyl groups excluding tert-OH is 1. The molecule has 0 radical (unpaired) electrons. The number of hydrogen-bond donors (Lipinski definition) is 3.